The molecule has 0 radical (unpaired) electrons. The zero-order valence-electron chi connectivity index (χ0n) is 13.4. The Hall–Kier alpha value is -2.25. The summed E-state index contributed by atoms with van der Waals surface area (Å²) in [4.78, 5) is 14.2. The molecule has 130 valence electrons. The molecule has 5 nitrogen and oxygen atoms in total. The van der Waals surface area contributed by atoms with Crippen molar-refractivity contribution in [1.82, 2.24) is 14.7 Å². The van der Waals surface area contributed by atoms with Crippen LogP contribution in [-0.2, 0) is 6.18 Å². The van der Waals surface area contributed by atoms with E-state index in [9.17, 15) is 18.0 Å². The van der Waals surface area contributed by atoms with Gasteiger partial charge in [0.1, 0.15) is 0 Å². The first kappa shape index (κ1) is 16.6. The molecule has 1 aliphatic rings. The van der Waals surface area contributed by atoms with Gasteiger partial charge in [-0.05, 0) is 38.3 Å². The van der Waals surface area contributed by atoms with Gasteiger partial charge in [-0.1, -0.05) is 0 Å². The normalized spacial score (nSPS) is 18.9. The highest BCUT2D eigenvalue weighted by Crippen LogP contribution is 2.30. The highest BCUT2D eigenvalue weighted by atomic mass is 19.4. The monoisotopic (exact) mass is 341 g/mol. The molecule has 0 spiro atoms. The lowest BCUT2D eigenvalue weighted by Crippen LogP contribution is -2.41. The van der Waals surface area contributed by atoms with Crippen LogP contribution in [0.2, 0.25) is 0 Å². The number of furan rings is 1. The van der Waals surface area contributed by atoms with E-state index in [1.165, 1.54) is 17.1 Å². The Balaban J connectivity index is 1.76. The van der Waals surface area contributed by atoms with E-state index in [0.29, 0.717) is 31.7 Å². The molecule has 3 rings (SSSR count). The van der Waals surface area contributed by atoms with Gasteiger partial charge >= 0.3 is 6.18 Å². The van der Waals surface area contributed by atoms with E-state index in [-0.39, 0.29) is 11.9 Å². The second kappa shape index (κ2) is 5.99. The minimum absolute atomic E-state index is 0.228. The molecule has 8 heteroatoms. The molecule has 1 saturated heterocycles. The van der Waals surface area contributed by atoms with Crippen LogP contribution in [0.5, 0.6) is 0 Å². The van der Waals surface area contributed by atoms with Crippen molar-refractivity contribution < 1.29 is 22.4 Å². The second-order valence-corrected chi connectivity index (χ2v) is 6.10. The van der Waals surface area contributed by atoms with Gasteiger partial charge in [-0.3, -0.25) is 9.48 Å². The van der Waals surface area contributed by atoms with Crippen LogP contribution in [0, 0.1) is 13.8 Å². The first-order valence-corrected chi connectivity index (χ1v) is 7.73. The minimum atomic E-state index is -4.46. The lowest BCUT2D eigenvalue weighted by molar-refractivity contribution is -0.141. The maximum Gasteiger partial charge on any atom is 0.435 e. The van der Waals surface area contributed by atoms with Gasteiger partial charge in [0, 0.05) is 24.8 Å². The van der Waals surface area contributed by atoms with Crippen LogP contribution in [0.4, 0.5) is 13.2 Å². The number of carbonyl (C=O) groups excluding carboxylic acids is 1. The number of piperidine rings is 1. The third-order valence-corrected chi connectivity index (χ3v) is 4.44. The Kier molecular flexibility index (Phi) is 4.15. The van der Waals surface area contributed by atoms with Crippen LogP contribution in [0.1, 0.15) is 46.3 Å². The predicted molar refractivity (Wildman–Crippen MR) is 79.6 cm³/mol. The maximum atomic E-state index is 12.7. The number of aromatic nitrogens is 2. The van der Waals surface area contributed by atoms with Crippen LogP contribution in [-0.4, -0.2) is 33.7 Å². The number of alkyl halides is 3. The first-order chi connectivity index (χ1) is 11.3. The van der Waals surface area contributed by atoms with Crippen molar-refractivity contribution in [1.29, 1.82) is 0 Å². The first-order valence-electron chi connectivity index (χ1n) is 7.73. The number of hydrogen-bond acceptors (Lipinski definition) is 3. The fraction of sp³-hybridized carbons (Fsp3) is 0.500. The number of carbonyl (C=O) groups is 1. The predicted octanol–water partition coefficient (Wildman–Crippen LogP) is 3.59. The minimum Gasteiger partial charge on any atom is -0.459 e. The van der Waals surface area contributed by atoms with Gasteiger partial charge in [-0.2, -0.15) is 18.3 Å². The van der Waals surface area contributed by atoms with E-state index < -0.39 is 11.9 Å². The summed E-state index contributed by atoms with van der Waals surface area (Å²) in [7, 11) is 0. The number of halogens is 3. The number of aryl methyl sites for hydroxylation is 1. The standard InChI is InChI=1S/C16H18F3N3O2/c1-10-9-24-14(11(10)2)15(23)21-6-3-4-12(8-21)22-7-5-13(20-22)16(17,18)19/h5,7,9,12H,3-4,6,8H2,1-2H3. The average molecular weight is 341 g/mol. The summed E-state index contributed by atoms with van der Waals surface area (Å²) < 4.78 is 44.7. The van der Waals surface area contributed by atoms with Crippen molar-refractivity contribution >= 4 is 5.91 Å². The Morgan fingerprint density at radius 1 is 1.38 bits per heavy atom. The summed E-state index contributed by atoms with van der Waals surface area (Å²) >= 11 is 0. The Morgan fingerprint density at radius 2 is 2.12 bits per heavy atom. The van der Waals surface area contributed by atoms with E-state index in [4.69, 9.17) is 4.42 Å². The fourth-order valence-electron chi connectivity index (χ4n) is 2.91. The molecule has 1 amide bonds. The van der Waals surface area contributed by atoms with E-state index in [2.05, 4.69) is 5.10 Å². The van der Waals surface area contributed by atoms with Gasteiger partial charge in [0.2, 0.25) is 0 Å². The molecule has 2 aromatic rings. The lowest BCUT2D eigenvalue weighted by Gasteiger charge is -2.32. The number of hydrogen-bond donors (Lipinski definition) is 0. The van der Waals surface area contributed by atoms with Crippen LogP contribution in [0.15, 0.2) is 22.9 Å². The molecule has 2 aromatic heterocycles. The summed E-state index contributed by atoms with van der Waals surface area (Å²) in [6, 6.07) is 0.691. The molecule has 3 heterocycles. The fourth-order valence-corrected chi connectivity index (χ4v) is 2.91. The SMILES string of the molecule is Cc1coc(C(=O)N2CCCC(n3ccc(C(F)(F)F)n3)C2)c1C. The molecule has 0 bridgehead atoms. The molecule has 1 fully saturated rings. The molecule has 1 aliphatic heterocycles. The molecule has 0 saturated carbocycles. The quantitative estimate of drug-likeness (QED) is 0.839. The number of nitrogens with zero attached hydrogens (tertiary/aromatic N) is 3. The smallest absolute Gasteiger partial charge is 0.435 e. The lowest BCUT2D eigenvalue weighted by atomic mass is 10.0. The van der Waals surface area contributed by atoms with E-state index in [0.717, 1.165) is 17.2 Å². The average Bonchev–Trinajstić information content (AvgIpc) is 3.15. The van der Waals surface area contributed by atoms with Crippen LogP contribution in [0.3, 0.4) is 0 Å². The van der Waals surface area contributed by atoms with Gasteiger partial charge < -0.3 is 9.32 Å². The van der Waals surface area contributed by atoms with Crippen molar-refractivity contribution in [2.24, 2.45) is 0 Å². The molecule has 1 unspecified atom stereocenters. The highest BCUT2D eigenvalue weighted by molar-refractivity contribution is 5.93. The van der Waals surface area contributed by atoms with Gasteiger partial charge in [0.15, 0.2) is 11.5 Å². The van der Waals surface area contributed by atoms with Crippen molar-refractivity contribution in [3.05, 3.63) is 41.1 Å². The topological polar surface area (TPSA) is 51.3 Å². The summed E-state index contributed by atoms with van der Waals surface area (Å²) in [6.07, 6.45) is -0.218. The van der Waals surface area contributed by atoms with Crippen molar-refractivity contribution in [2.75, 3.05) is 13.1 Å². The molecule has 24 heavy (non-hydrogen) atoms. The molecule has 0 aromatic carbocycles. The molecular weight excluding hydrogens is 323 g/mol. The van der Waals surface area contributed by atoms with Crippen molar-refractivity contribution in [2.45, 2.75) is 38.9 Å². The summed E-state index contributed by atoms with van der Waals surface area (Å²) in [5.41, 5.74) is 0.776. The summed E-state index contributed by atoms with van der Waals surface area (Å²) in [6.45, 7) is 4.55. The van der Waals surface area contributed by atoms with E-state index in [1.54, 1.807) is 4.90 Å². The zero-order chi connectivity index (χ0) is 17.5. The van der Waals surface area contributed by atoms with Crippen LogP contribution >= 0.6 is 0 Å². The number of likely N-dealkylation sites (tertiary alicyclic amines) is 1. The largest absolute Gasteiger partial charge is 0.459 e. The third kappa shape index (κ3) is 3.05. The van der Waals surface area contributed by atoms with E-state index >= 15 is 0 Å². The van der Waals surface area contributed by atoms with Crippen LogP contribution < -0.4 is 0 Å². The Morgan fingerprint density at radius 3 is 2.71 bits per heavy atom. The summed E-state index contributed by atoms with van der Waals surface area (Å²) in [5, 5.41) is 3.62. The number of rotatable bonds is 2. The van der Waals surface area contributed by atoms with Gasteiger partial charge in [-0.15, -0.1) is 0 Å². The van der Waals surface area contributed by atoms with Gasteiger partial charge in [-0.25, -0.2) is 0 Å². The maximum absolute atomic E-state index is 12.7. The molecule has 0 aliphatic carbocycles. The van der Waals surface area contributed by atoms with Gasteiger partial charge in [0.05, 0.1) is 12.3 Å². The van der Waals surface area contributed by atoms with Crippen LogP contribution in [0.25, 0.3) is 0 Å². The Bertz CT molecular complexity index is 748. The molecule has 1 atom stereocenters. The highest BCUT2D eigenvalue weighted by Gasteiger charge is 2.35. The molecular formula is C16H18F3N3O2. The third-order valence-electron chi connectivity index (χ3n) is 4.44. The van der Waals surface area contributed by atoms with E-state index in [1.807, 2.05) is 13.8 Å². The van der Waals surface area contributed by atoms with Crippen molar-refractivity contribution in [3.8, 4) is 0 Å². The zero-order valence-corrected chi connectivity index (χ0v) is 13.4. The summed E-state index contributed by atoms with van der Waals surface area (Å²) in [5.74, 6) is 0.0677. The number of amides is 1. The Labute approximate surface area is 137 Å². The molecule has 0 N–H and O–H groups in total. The van der Waals surface area contributed by atoms with Crippen molar-refractivity contribution in [3.63, 3.8) is 0 Å². The second-order valence-electron chi connectivity index (χ2n) is 6.10. The van der Waals surface area contributed by atoms with Gasteiger partial charge in [0.25, 0.3) is 5.91 Å².